The first-order valence-corrected chi connectivity index (χ1v) is 10.1. The van der Waals surface area contributed by atoms with Crippen molar-refractivity contribution in [2.24, 2.45) is 5.92 Å². The Morgan fingerprint density at radius 2 is 1.85 bits per heavy atom. The van der Waals surface area contributed by atoms with Gasteiger partial charge in [-0.2, -0.15) is 0 Å². The van der Waals surface area contributed by atoms with Crippen molar-refractivity contribution < 1.29 is 19.1 Å². The van der Waals surface area contributed by atoms with Gasteiger partial charge in [-0.1, -0.05) is 35.0 Å². The average molecular weight is 439 g/mol. The zero-order valence-electron chi connectivity index (χ0n) is 15.9. The number of halogens is 1. The summed E-state index contributed by atoms with van der Waals surface area (Å²) in [6.07, 6.45) is 2.76. The number of amides is 2. The van der Waals surface area contributed by atoms with Crippen molar-refractivity contribution in [3.05, 3.63) is 34.3 Å². The van der Waals surface area contributed by atoms with Crippen molar-refractivity contribution in [3.63, 3.8) is 0 Å². The zero-order chi connectivity index (χ0) is 19.8. The third-order valence-corrected chi connectivity index (χ3v) is 5.40. The van der Waals surface area contributed by atoms with Gasteiger partial charge >= 0.3 is 5.97 Å². The van der Waals surface area contributed by atoms with Crippen molar-refractivity contribution in [2.45, 2.75) is 45.1 Å². The molecule has 0 saturated carbocycles. The Balaban J connectivity index is 1.98. The number of carbonyl (C=O) groups is 3. The van der Waals surface area contributed by atoms with E-state index in [4.69, 9.17) is 4.74 Å². The van der Waals surface area contributed by atoms with Crippen LogP contribution in [0.3, 0.4) is 0 Å². The molecule has 1 aliphatic heterocycles. The lowest BCUT2D eigenvalue weighted by Gasteiger charge is -2.32. The summed E-state index contributed by atoms with van der Waals surface area (Å²) in [6.45, 7) is 3.20. The topological polar surface area (TPSA) is 75.7 Å². The molecule has 1 saturated heterocycles. The molecule has 0 aromatic heterocycles. The van der Waals surface area contributed by atoms with Crippen LogP contribution in [-0.4, -0.2) is 42.9 Å². The van der Waals surface area contributed by atoms with Gasteiger partial charge in [0.25, 0.3) is 0 Å². The van der Waals surface area contributed by atoms with Crippen molar-refractivity contribution in [1.82, 2.24) is 10.2 Å². The van der Waals surface area contributed by atoms with E-state index in [0.29, 0.717) is 32.4 Å². The van der Waals surface area contributed by atoms with Crippen LogP contribution in [0, 0.1) is 5.92 Å². The molecule has 2 rings (SSSR count). The minimum atomic E-state index is -0.433. The van der Waals surface area contributed by atoms with Gasteiger partial charge in [0, 0.05) is 29.9 Å². The third kappa shape index (κ3) is 6.34. The molecule has 1 heterocycles. The fraction of sp³-hybridized carbons (Fsp3) is 0.550. The third-order valence-electron chi connectivity index (χ3n) is 4.87. The van der Waals surface area contributed by atoms with E-state index in [1.807, 2.05) is 36.1 Å². The van der Waals surface area contributed by atoms with Gasteiger partial charge < -0.3 is 15.0 Å². The van der Waals surface area contributed by atoms with Gasteiger partial charge in [0.15, 0.2) is 0 Å². The predicted octanol–water partition coefficient (Wildman–Crippen LogP) is 3.21. The zero-order valence-corrected chi connectivity index (χ0v) is 17.5. The molecule has 6 nitrogen and oxygen atoms in total. The first kappa shape index (κ1) is 21.4. The molecule has 1 N–H and O–H groups in total. The highest BCUT2D eigenvalue weighted by molar-refractivity contribution is 9.10. The Morgan fingerprint density at radius 3 is 2.41 bits per heavy atom. The van der Waals surface area contributed by atoms with Gasteiger partial charge in [0.2, 0.25) is 11.8 Å². The number of esters is 1. The Morgan fingerprint density at radius 1 is 1.22 bits per heavy atom. The Hall–Kier alpha value is -1.89. The van der Waals surface area contributed by atoms with Gasteiger partial charge in [0.1, 0.15) is 0 Å². The molecule has 0 radical (unpaired) electrons. The lowest BCUT2D eigenvalue weighted by Crippen LogP contribution is -2.43. The molecule has 1 aromatic rings. The number of piperidine rings is 1. The van der Waals surface area contributed by atoms with Crippen molar-refractivity contribution in [3.8, 4) is 0 Å². The smallest absolute Gasteiger partial charge is 0.307 e. The second kappa shape index (κ2) is 10.4. The van der Waals surface area contributed by atoms with E-state index in [1.165, 1.54) is 7.11 Å². The summed E-state index contributed by atoms with van der Waals surface area (Å²) in [6, 6.07) is 7.08. The normalized spacial score (nSPS) is 15.9. The van der Waals surface area contributed by atoms with Gasteiger partial charge in [-0.05, 0) is 37.0 Å². The highest BCUT2D eigenvalue weighted by Crippen LogP contribution is 2.23. The molecule has 27 heavy (non-hydrogen) atoms. The van der Waals surface area contributed by atoms with E-state index in [9.17, 15) is 14.4 Å². The van der Waals surface area contributed by atoms with Gasteiger partial charge in [-0.3, -0.25) is 14.4 Å². The Labute approximate surface area is 168 Å². The SMILES string of the molecule is CCCC(=O)N1CCC(C(=O)NC(CC(=O)OC)c2ccc(Br)cc2)CC1. The quantitative estimate of drug-likeness (QED) is 0.663. The van der Waals surface area contributed by atoms with Crippen LogP contribution in [-0.2, 0) is 19.1 Å². The fourth-order valence-corrected chi connectivity index (χ4v) is 3.51. The summed E-state index contributed by atoms with van der Waals surface area (Å²) in [5.41, 5.74) is 0.854. The number of ether oxygens (including phenoxy) is 1. The van der Waals surface area contributed by atoms with Crippen molar-refractivity contribution in [1.29, 1.82) is 0 Å². The molecule has 0 aliphatic carbocycles. The summed E-state index contributed by atoms with van der Waals surface area (Å²) >= 11 is 3.39. The number of benzene rings is 1. The van der Waals surface area contributed by atoms with Crippen LogP contribution in [0.5, 0.6) is 0 Å². The molecule has 2 amide bonds. The molecule has 148 valence electrons. The van der Waals surface area contributed by atoms with Crippen molar-refractivity contribution in [2.75, 3.05) is 20.2 Å². The predicted molar refractivity (Wildman–Crippen MR) is 106 cm³/mol. The summed E-state index contributed by atoms with van der Waals surface area (Å²) in [4.78, 5) is 38.3. The van der Waals surface area contributed by atoms with Crippen LogP contribution >= 0.6 is 15.9 Å². The number of hydrogen-bond donors (Lipinski definition) is 1. The molecule has 1 atom stereocenters. The van der Waals surface area contributed by atoms with E-state index in [2.05, 4.69) is 21.2 Å². The van der Waals surface area contributed by atoms with E-state index in [-0.39, 0.29) is 30.1 Å². The maximum Gasteiger partial charge on any atom is 0.307 e. The second-order valence-electron chi connectivity index (χ2n) is 6.80. The van der Waals surface area contributed by atoms with E-state index in [0.717, 1.165) is 16.5 Å². The number of nitrogens with zero attached hydrogens (tertiary/aromatic N) is 1. The van der Waals surface area contributed by atoms with Crippen LogP contribution < -0.4 is 5.32 Å². The molecule has 1 aromatic carbocycles. The maximum atomic E-state index is 12.7. The van der Waals surface area contributed by atoms with Gasteiger partial charge in [0.05, 0.1) is 19.6 Å². The number of carbonyl (C=O) groups excluding carboxylic acids is 3. The first-order valence-electron chi connectivity index (χ1n) is 9.35. The lowest BCUT2D eigenvalue weighted by molar-refractivity contribution is -0.142. The van der Waals surface area contributed by atoms with Crippen LogP contribution in [0.2, 0.25) is 0 Å². The molecular formula is C20H27BrN2O4. The summed E-state index contributed by atoms with van der Waals surface area (Å²) in [7, 11) is 1.34. The van der Waals surface area contributed by atoms with E-state index < -0.39 is 6.04 Å². The van der Waals surface area contributed by atoms with Crippen LogP contribution in [0.15, 0.2) is 28.7 Å². The van der Waals surface area contributed by atoms with E-state index in [1.54, 1.807) is 0 Å². The number of nitrogens with one attached hydrogen (secondary N) is 1. The van der Waals surface area contributed by atoms with Gasteiger partial charge in [-0.25, -0.2) is 0 Å². The number of rotatable bonds is 7. The minimum Gasteiger partial charge on any atom is -0.469 e. The fourth-order valence-electron chi connectivity index (χ4n) is 3.25. The highest BCUT2D eigenvalue weighted by atomic mass is 79.9. The molecule has 1 fully saturated rings. The second-order valence-corrected chi connectivity index (χ2v) is 7.71. The number of hydrogen-bond acceptors (Lipinski definition) is 4. The molecule has 1 unspecified atom stereocenters. The standard InChI is InChI=1S/C20H27BrN2O4/c1-3-4-18(24)23-11-9-15(10-12-23)20(26)22-17(13-19(25)27-2)14-5-7-16(21)8-6-14/h5-8,15,17H,3-4,9-13H2,1-2H3,(H,22,26). The highest BCUT2D eigenvalue weighted by Gasteiger charge is 2.29. The molecular weight excluding hydrogens is 412 g/mol. The largest absolute Gasteiger partial charge is 0.469 e. The molecule has 0 spiro atoms. The first-order chi connectivity index (χ1) is 12.9. The van der Waals surface area contributed by atoms with Crippen LogP contribution in [0.25, 0.3) is 0 Å². The minimum absolute atomic E-state index is 0.0746. The monoisotopic (exact) mass is 438 g/mol. The van der Waals surface area contributed by atoms with Gasteiger partial charge in [-0.15, -0.1) is 0 Å². The molecule has 7 heteroatoms. The summed E-state index contributed by atoms with van der Waals surface area (Å²) in [5, 5.41) is 3.00. The summed E-state index contributed by atoms with van der Waals surface area (Å²) in [5.74, 6) is -0.432. The number of likely N-dealkylation sites (tertiary alicyclic amines) is 1. The lowest BCUT2D eigenvalue weighted by atomic mass is 9.94. The average Bonchev–Trinajstić information content (AvgIpc) is 2.68. The number of methoxy groups -OCH3 is 1. The molecule has 1 aliphatic rings. The Kier molecular flexibility index (Phi) is 8.28. The van der Waals surface area contributed by atoms with E-state index >= 15 is 0 Å². The van der Waals surface area contributed by atoms with Crippen LogP contribution in [0.4, 0.5) is 0 Å². The summed E-state index contributed by atoms with van der Waals surface area (Å²) < 4.78 is 5.70. The molecule has 0 bridgehead atoms. The van der Waals surface area contributed by atoms with Crippen molar-refractivity contribution >= 4 is 33.7 Å². The van der Waals surface area contributed by atoms with Crippen LogP contribution in [0.1, 0.15) is 50.6 Å². The maximum absolute atomic E-state index is 12.7. The Bertz CT molecular complexity index is 654.